The van der Waals surface area contributed by atoms with E-state index >= 15 is 0 Å². The second-order valence-corrected chi connectivity index (χ2v) is 4.98. The van der Waals surface area contributed by atoms with Crippen molar-refractivity contribution in [3.63, 3.8) is 0 Å². The van der Waals surface area contributed by atoms with Gasteiger partial charge in [0.25, 0.3) is 0 Å². The molecule has 1 aliphatic rings. The van der Waals surface area contributed by atoms with Gasteiger partial charge >= 0.3 is 0 Å². The Labute approximate surface area is 94.0 Å². The van der Waals surface area contributed by atoms with Crippen LogP contribution in [-0.2, 0) is 4.74 Å². The molecular formula is C12H26N2O. The highest BCUT2D eigenvalue weighted by Gasteiger charge is 2.27. The maximum atomic E-state index is 5.86. The highest BCUT2D eigenvalue weighted by molar-refractivity contribution is 4.83. The second kappa shape index (κ2) is 6.46. The summed E-state index contributed by atoms with van der Waals surface area (Å²) in [4.78, 5) is 2.55. The minimum Gasteiger partial charge on any atom is -0.384 e. The molecule has 90 valence electrons. The van der Waals surface area contributed by atoms with Crippen molar-refractivity contribution in [3.05, 3.63) is 0 Å². The van der Waals surface area contributed by atoms with Crippen molar-refractivity contribution in [1.82, 2.24) is 4.90 Å². The first kappa shape index (κ1) is 12.9. The Morgan fingerprint density at radius 3 is 2.87 bits per heavy atom. The lowest BCUT2D eigenvalue weighted by molar-refractivity contribution is 0.0674. The van der Waals surface area contributed by atoms with Gasteiger partial charge in [0.15, 0.2) is 0 Å². The van der Waals surface area contributed by atoms with Crippen molar-refractivity contribution in [1.29, 1.82) is 0 Å². The Morgan fingerprint density at radius 2 is 2.27 bits per heavy atom. The molecule has 0 spiro atoms. The predicted molar refractivity (Wildman–Crippen MR) is 63.9 cm³/mol. The van der Waals surface area contributed by atoms with Crippen LogP contribution in [0.3, 0.4) is 0 Å². The molecular weight excluding hydrogens is 188 g/mol. The zero-order chi connectivity index (χ0) is 11.3. The summed E-state index contributed by atoms with van der Waals surface area (Å²) >= 11 is 0. The molecule has 1 saturated heterocycles. The van der Waals surface area contributed by atoms with E-state index in [4.69, 9.17) is 10.5 Å². The van der Waals surface area contributed by atoms with E-state index in [1.807, 2.05) is 0 Å². The van der Waals surface area contributed by atoms with E-state index in [-0.39, 0.29) is 0 Å². The van der Waals surface area contributed by atoms with E-state index in [2.05, 4.69) is 18.7 Å². The monoisotopic (exact) mass is 214 g/mol. The van der Waals surface area contributed by atoms with Crippen LogP contribution in [0.15, 0.2) is 0 Å². The molecule has 1 fully saturated rings. The van der Waals surface area contributed by atoms with Gasteiger partial charge in [0.1, 0.15) is 0 Å². The standard InChI is InChI=1S/C12H26N2O/c1-10(9-15-3)8-14-6-4-5-11(2)12(14)7-13/h10-12H,4-9,13H2,1-3H3. The van der Waals surface area contributed by atoms with Crippen LogP contribution < -0.4 is 5.73 Å². The Kier molecular flexibility index (Phi) is 5.58. The molecule has 0 aliphatic carbocycles. The molecule has 0 saturated carbocycles. The average molecular weight is 214 g/mol. The zero-order valence-electron chi connectivity index (χ0n) is 10.4. The molecule has 0 bridgehead atoms. The van der Waals surface area contributed by atoms with Crippen molar-refractivity contribution in [2.45, 2.75) is 32.7 Å². The van der Waals surface area contributed by atoms with Gasteiger partial charge < -0.3 is 10.5 Å². The number of nitrogens with zero attached hydrogens (tertiary/aromatic N) is 1. The third kappa shape index (κ3) is 3.74. The average Bonchev–Trinajstić information content (AvgIpc) is 2.18. The molecule has 3 unspecified atom stereocenters. The van der Waals surface area contributed by atoms with Crippen LogP contribution in [0.4, 0.5) is 0 Å². The van der Waals surface area contributed by atoms with Crippen LogP contribution in [0.2, 0.25) is 0 Å². The lowest BCUT2D eigenvalue weighted by Crippen LogP contribution is -2.50. The molecule has 0 amide bonds. The lowest BCUT2D eigenvalue weighted by Gasteiger charge is -2.40. The SMILES string of the molecule is COCC(C)CN1CCCC(C)C1CN. The summed E-state index contributed by atoms with van der Waals surface area (Å²) in [5, 5.41) is 0. The quantitative estimate of drug-likeness (QED) is 0.750. The van der Waals surface area contributed by atoms with E-state index in [1.54, 1.807) is 7.11 Å². The van der Waals surface area contributed by atoms with Crippen LogP contribution in [0.1, 0.15) is 26.7 Å². The molecule has 15 heavy (non-hydrogen) atoms. The summed E-state index contributed by atoms with van der Waals surface area (Å²) in [7, 11) is 1.77. The number of hydrogen-bond acceptors (Lipinski definition) is 3. The van der Waals surface area contributed by atoms with Gasteiger partial charge in [-0.3, -0.25) is 4.90 Å². The minimum absolute atomic E-state index is 0.582. The highest BCUT2D eigenvalue weighted by Crippen LogP contribution is 2.23. The van der Waals surface area contributed by atoms with Gasteiger partial charge in [0.2, 0.25) is 0 Å². The number of nitrogens with two attached hydrogens (primary N) is 1. The predicted octanol–water partition coefficient (Wildman–Crippen LogP) is 1.33. The van der Waals surface area contributed by atoms with E-state index < -0.39 is 0 Å². The van der Waals surface area contributed by atoms with Gasteiger partial charge in [-0.15, -0.1) is 0 Å². The van der Waals surface area contributed by atoms with Gasteiger partial charge in [0.05, 0.1) is 0 Å². The second-order valence-electron chi connectivity index (χ2n) is 4.98. The molecule has 0 aromatic heterocycles. The Bertz CT molecular complexity index is 175. The first-order chi connectivity index (χ1) is 7.19. The number of piperidine rings is 1. The summed E-state index contributed by atoms with van der Waals surface area (Å²) in [5.74, 6) is 1.35. The zero-order valence-corrected chi connectivity index (χ0v) is 10.4. The van der Waals surface area contributed by atoms with E-state index in [1.165, 1.54) is 19.4 Å². The third-order valence-corrected chi connectivity index (χ3v) is 3.47. The van der Waals surface area contributed by atoms with Crippen LogP contribution in [-0.4, -0.2) is 44.3 Å². The largest absolute Gasteiger partial charge is 0.384 e. The summed E-state index contributed by atoms with van der Waals surface area (Å²) < 4.78 is 5.18. The fourth-order valence-electron chi connectivity index (χ4n) is 2.68. The van der Waals surface area contributed by atoms with Crippen LogP contribution in [0, 0.1) is 11.8 Å². The number of likely N-dealkylation sites (tertiary alicyclic amines) is 1. The summed E-state index contributed by atoms with van der Waals surface area (Å²) in [6.45, 7) is 8.55. The molecule has 2 N–H and O–H groups in total. The summed E-state index contributed by atoms with van der Waals surface area (Å²) in [6.07, 6.45) is 2.65. The first-order valence-corrected chi connectivity index (χ1v) is 6.12. The normalized spacial score (nSPS) is 30.4. The van der Waals surface area contributed by atoms with Gasteiger partial charge in [-0.05, 0) is 31.2 Å². The Morgan fingerprint density at radius 1 is 1.53 bits per heavy atom. The Hall–Kier alpha value is -0.120. The van der Waals surface area contributed by atoms with Crippen LogP contribution in [0.5, 0.6) is 0 Å². The minimum atomic E-state index is 0.582. The molecule has 0 aromatic rings. The third-order valence-electron chi connectivity index (χ3n) is 3.47. The molecule has 1 aliphatic heterocycles. The van der Waals surface area contributed by atoms with Crippen LogP contribution >= 0.6 is 0 Å². The highest BCUT2D eigenvalue weighted by atomic mass is 16.5. The maximum Gasteiger partial charge on any atom is 0.0500 e. The smallest absolute Gasteiger partial charge is 0.0500 e. The lowest BCUT2D eigenvalue weighted by atomic mass is 9.90. The van der Waals surface area contributed by atoms with Crippen molar-refractivity contribution in [2.24, 2.45) is 17.6 Å². The molecule has 3 atom stereocenters. The van der Waals surface area contributed by atoms with Crippen molar-refractivity contribution < 1.29 is 4.74 Å². The fourth-order valence-corrected chi connectivity index (χ4v) is 2.68. The van der Waals surface area contributed by atoms with E-state index in [0.717, 1.165) is 25.6 Å². The Balaban J connectivity index is 2.43. The van der Waals surface area contributed by atoms with Gasteiger partial charge in [-0.1, -0.05) is 13.8 Å². The van der Waals surface area contributed by atoms with Gasteiger partial charge in [0, 0.05) is 32.8 Å². The number of methoxy groups -OCH3 is 1. The van der Waals surface area contributed by atoms with Crippen molar-refractivity contribution in [2.75, 3.05) is 33.4 Å². The number of ether oxygens (including phenoxy) is 1. The number of hydrogen-bond donors (Lipinski definition) is 1. The van der Waals surface area contributed by atoms with Crippen LogP contribution in [0.25, 0.3) is 0 Å². The molecule has 0 aromatic carbocycles. The number of rotatable bonds is 5. The summed E-state index contributed by atoms with van der Waals surface area (Å²) in [5.41, 5.74) is 5.86. The molecule has 3 heteroatoms. The van der Waals surface area contributed by atoms with E-state index in [9.17, 15) is 0 Å². The molecule has 1 heterocycles. The topological polar surface area (TPSA) is 38.5 Å². The van der Waals surface area contributed by atoms with Gasteiger partial charge in [-0.2, -0.15) is 0 Å². The van der Waals surface area contributed by atoms with Crippen molar-refractivity contribution >= 4 is 0 Å². The van der Waals surface area contributed by atoms with E-state index in [0.29, 0.717) is 12.0 Å². The van der Waals surface area contributed by atoms with Crippen molar-refractivity contribution in [3.8, 4) is 0 Å². The fraction of sp³-hybridized carbons (Fsp3) is 1.00. The molecule has 0 radical (unpaired) electrons. The van der Waals surface area contributed by atoms with Gasteiger partial charge in [-0.25, -0.2) is 0 Å². The first-order valence-electron chi connectivity index (χ1n) is 6.12. The maximum absolute atomic E-state index is 5.86. The molecule has 1 rings (SSSR count). The summed E-state index contributed by atoms with van der Waals surface area (Å²) in [6, 6.07) is 0.582. The molecule has 3 nitrogen and oxygen atoms in total.